The van der Waals surface area contributed by atoms with Crippen molar-refractivity contribution in [2.45, 2.75) is 39.7 Å². The van der Waals surface area contributed by atoms with Gasteiger partial charge in [-0.25, -0.2) is 4.79 Å². The number of aryl methyl sites for hydroxylation is 1. The summed E-state index contributed by atoms with van der Waals surface area (Å²) in [5.74, 6) is -1.12. The molecule has 0 unspecified atom stereocenters. The second-order valence-electron chi connectivity index (χ2n) is 8.17. The molecule has 1 aliphatic heterocycles. The van der Waals surface area contributed by atoms with Crippen molar-refractivity contribution in [2.24, 2.45) is 0 Å². The van der Waals surface area contributed by atoms with E-state index in [0.717, 1.165) is 16.0 Å². The van der Waals surface area contributed by atoms with Gasteiger partial charge in [-0.15, -0.1) is 0 Å². The molecule has 32 heavy (non-hydrogen) atoms. The number of esters is 1. The number of benzene rings is 2. The van der Waals surface area contributed by atoms with E-state index in [0.29, 0.717) is 27.7 Å². The van der Waals surface area contributed by atoms with Crippen molar-refractivity contribution in [1.82, 2.24) is 4.90 Å². The molecule has 7 heteroatoms. The molecule has 7 nitrogen and oxygen atoms in total. The molecule has 0 spiro atoms. The maximum Gasteiger partial charge on any atom is 0.336 e. The molecular formula is C25H23NO6. The van der Waals surface area contributed by atoms with Crippen LogP contribution in [-0.2, 0) is 16.1 Å². The molecule has 2 amide bonds. The van der Waals surface area contributed by atoms with E-state index < -0.39 is 23.4 Å². The summed E-state index contributed by atoms with van der Waals surface area (Å²) >= 11 is 0. The van der Waals surface area contributed by atoms with E-state index in [1.165, 1.54) is 6.07 Å². The number of carbonyl (C=O) groups is 3. The lowest BCUT2D eigenvalue weighted by molar-refractivity contribution is -0.145. The predicted molar refractivity (Wildman–Crippen MR) is 118 cm³/mol. The number of fused-ring (bicyclic) bond motifs is 2. The van der Waals surface area contributed by atoms with Crippen molar-refractivity contribution in [2.75, 3.05) is 6.54 Å². The summed E-state index contributed by atoms with van der Waals surface area (Å²) in [4.78, 5) is 50.2. The van der Waals surface area contributed by atoms with Crippen LogP contribution in [0, 0.1) is 6.92 Å². The van der Waals surface area contributed by atoms with Crippen LogP contribution >= 0.6 is 0 Å². The number of imide groups is 1. The van der Waals surface area contributed by atoms with Gasteiger partial charge in [-0.05, 0) is 48.2 Å². The Hall–Kier alpha value is -3.74. The lowest BCUT2D eigenvalue weighted by Crippen LogP contribution is -2.32. The summed E-state index contributed by atoms with van der Waals surface area (Å²) in [6.45, 7) is 5.93. The Labute approximate surface area is 184 Å². The number of hydrogen-bond acceptors (Lipinski definition) is 6. The first kappa shape index (κ1) is 21.5. The number of carbonyl (C=O) groups excluding carboxylic acids is 3. The standard InChI is InChI=1S/C25H23NO6/c1-14(2)19-12-20-16(11-23(28)32-21(20)10-15(19)3)13-31-22(27)8-9-26-24(29)17-6-4-5-7-18(17)25(26)30/h4-7,10-12,14H,8-9,13H2,1-3H3. The van der Waals surface area contributed by atoms with Crippen molar-refractivity contribution in [1.29, 1.82) is 0 Å². The van der Waals surface area contributed by atoms with Crippen LogP contribution in [0.4, 0.5) is 0 Å². The average molecular weight is 433 g/mol. The Balaban J connectivity index is 1.45. The topological polar surface area (TPSA) is 93.9 Å². The fraction of sp³-hybridized carbons (Fsp3) is 0.280. The second-order valence-corrected chi connectivity index (χ2v) is 8.17. The molecule has 0 radical (unpaired) electrons. The van der Waals surface area contributed by atoms with E-state index in [1.807, 2.05) is 19.1 Å². The summed E-state index contributed by atoms with van der Waals surface area (Å²) in [5.41, 5.74) is 3.28. The van der Waals surface area contributed by atoms with E-state index in [-0.39, 0.29) is 25.5 Å². The monoisotopic (exact) mass is 433 g/mol. The fourth-order valence-electron chi connectivity index (χ4n) is 4.01. The van der Waals surface area contributed by atoms with Crippen LogP contribution in [0.3, 0.4) is 0 Å². The van der Waals surface area contributed by atoms with Crippen LogP contribution in [0.1, 0.15) is 63.6 Å². The third-order valence-corrected chi connectivity index (χ3v) is 5.65. The minimum absolute atomic E-state index is 0.0699. The van der Waals surface area contributed by atoms with Gasteiger partial charge in [-0.3, -0.25) is 19.3 Å². The minimum Gasteiger partial charge on any atom is -0.461 e. The largest absolute Gasteiger partial charge is 0.461 e. The first-order chi connectivity index (χ1) is 15.3. The first-order valence-corrected chi connectivity index (χ1v) is 10.4. The van der Waals surface area contributed by atoms with Crippen molar-refractivity contribution in [3.8, 4) is 0 Å². The molecule has 1 aliphatic rings. The van der Waals surface area contributed by atoms with Gasteiger partial charge in [0.1, 0.15) is 12.2 Å². The molecule has 0 N–H and O–H groups in total. The highest BCUT2D eigenvalue weighted by Crippen LogP contribution is 2.27. The molecule has 0 bridgehead atoms. The number of ether oxygens (including phenoxy) is 1. The molecule has 0 saturated carbocycles. The van der Waals surface area contributed by atoms with Crippen LogP contribution in [0.25, 0.3) is 11.0 Å². The zero-order valence-electron chi connectivity index (χ0n) is 18.1. The van der Waals surface area contributed by atoms with Gasteiger partial charge < -0.3 is 9.15 Å². The lowest BCUT2D eigenvalue weighted by atomic mass is 9.95. The quantitative estimate of drug-likeness (QED) is 0.332. The van der Waals surface area contributed by atoms with E-state index in [9.17, 15) is 19.2 Å². The Morgan fingerprint density at radius 1 is 1.03 bits per heavy atom. The smallest absolute Gasteiger partial charge is 0.336 e. The highest BCUT2D eigenvalue weighted by atomic mass is 16.5. The first-order valence-electron chi connectivity index (χ1n) is 10.4. The second kappa shape index (κ2) is 8.42. The highest BCUT2D eigenvalue weighted by Gasteiger charge is 2.35. The van der Waals surface area contributed by atoms with Crippen molar-refractivity contribution < 1.29 is 23.5 Å². The minimum atomic E-state index is -0.570. The highest BCUT2D eigenvalue weighted by molar-refractivity contribution is 6.21. The maximum atomic E-state index is 12.4. The van der Waals surface area contributed by atoms with Gasteiger partial charge in [0.15, 0.2) is 0 Å². The Bertz CT molecular complexity index is 1270. The van der Waals surface area contributed by atoms with Crippen LogP contribution < -0.4 is 5.63 Å². The van der Waals surface area contributed by atoms with Gasteiger partial charge >= 0.3 is 11.6 Å². The summed E-state index contributed by atoms with van der Waals surface area (Å²) in [6.07, 6.45) is -0.138. The van der Waals surface area contributed by atoms with Gasteiger partial charge in [0.2, 0.25) is 0 Å². The van der Waals surface area contributed by atoms with E-state index in [4.69, 9.17) is 9.15 Å². The number of nitrogens with zero attached hydrogens (tertiary/aromatic N) is 1. The third kappa shape index (κ3) is 3.93. The Morgan fingerprint density at radius 3 is 2.31 bits per heavy atom. The molecule has 3 aromatic rings. The van der Waals surface area contributed by atoms with Crippen LogP contribution in [0.2, 0.25) is 0 Å². The molecule has 2 aromatic carbocycles. The van der Waals surface area contributed by atoms with Gasteiger partial charge in [0.05, 0.1) is 17.5 Å². The third-order valence-electron chi connectivity index (χ3n) is 5.65. The Morgan fingerprint density at radius 2 is 1.69 bits per heavy atom. The van der Waals surface area contributed by atoms with E-state index in [1.54, 1.807) is 24.3 Å². The maximum absolute atomic E-state index is 12.4. The molecule has 0 fully saturated rings. The summed E-state index contributed by atoms with van der Waals surface area (Å²) in [7, 11) is 0. The SMILES string of the molecule is Cc1cc2oc(=O)cc(COC(=O)CCN3C(=O)c4ccccc4C3=O)c2cc1C(C)C. The van der Waals surface area contributed by atoms with Crippen molar-refractivity contribution in [3.05, 3.63) is 80.7 Å². The van der Waals surface area contributed by atoms with Crippen molar-refractivity contribution in [3.63, 3.8) is 0 Å². The number of hydrogen-bond donors (Lipinski definition) is 0. The average Bonchev–Trinajstić information content (AvgIpc) is 2.99. The van der Waals surface area contributed by atoms with E-state index in [2.05, 4.69) is 13.8 Å². The zero-order valence-corrected chi connectivity index (χ0v) is 18.1. The number of rotatable bonds is 6. The molecule has 1 aromatic heterocycles. The molecular weight excluding hydrogens is 410 g/mol. The molecule has 164 valence electrons. The molecule has 0 atom stereocenters. The summed E-state index contributed by atoms with van der Waals surface area (Å²) in [5, 5.41) is 0.715. The lowest BCUT2D eigenvalue weighted by Gasteiger charge is -2.14. The van der Waals surface area contributed by atoms with E-state index >= 15 is 0 Å². The normalized spacial score (nSPS) is 13.2. The van der Waals surface area contributed by atoms with Gasteiger partial charge in [0.25, 0.3) is 11.8 Å². The van der Waals surface area contributed by atoms with Gasteiger partial charge in [-0.1, -0.05) is 26.0 Å². The van der Waals surface area contributed by atoms with Crippen LogP contribution in [0.15, 0.2) is 51.7 Å². The molecule has 2 heterocycles. The molecule has 4 rings (SSSR count). The summed E-state index contributed by atoms with van der Waals surface area (Å²) in [6, 6.07) is 11.7. The fourth-order valence-corrected chi connectivity index (χ4v) is 4.01. The Kier molecular flexibility index (Phi) is 5.65. The van der Waals surface area contributed by atoms with Crippen LogP contribution in [-0.4, -0.2) is 29.2 Å². The molecule has 0 aliphatic carbocycles. The van der Waals surface area contributed by atoms with Crippen LogP contribution in [0.5, 0.6) is 0 Å². The van der Waals surface area contributed by atoms with Gasteiger partial charge in [0, 0.05) is 23.6 Å². The van der Waals surface area contributed by atoms with Crippen molar-refractivity contribution >= 4 is 28.8 Å². The number of amides is 2. The predicted octanol–water partition coefficient (Wildman–Crippen LogP) is 3.95. The zero-order chi connectivity index (χ0) is 23.0. The molecule has 0 saturated heterocycles. The van der Waals surface area contributed by atoms with Gasteiger partial charge in [-0.2, -0.15) is 0 Å². The summed E-state index contributed by atoms with van der Waals surface area (Å²) < 4.78 is 10.7.